The van der Waals surface area contributed by atoms with Crippen LogP contribution in [0.2, 0.25) is 0 Å². The van der Waals surface area contributed by atoms with Crippen LogP contribution in [0.25, 0.3) is 0 Å². The zero-order chi connectivity index (χ0) is 44.6. The molecule has 61 heavy (non-hydrogen) atoms. The van der Waals surface area contributed by atoms with Gasteiger partial charge in [-0.05, 0) is 51.4 Å². The largest absolute Gasteiger partial charge is 0.472 e. The standard InChI is InChI=1S/C51H92NO8P/c1-3-5-7-9-11-13-15-17-19-21-23-24-26-27-29-31-33-35-37-39-41-43-50(53)57-47-49(48-59-61(55,56)58-46-45-52)60-51(54)44-42-40-38-36-34-32-30-28-25-22-20-18-16-14-12-10-8-6-4-2/h12,14,18,20,25,28,32,34,38,40,49H,3-11,13,15-17,19,21-24,26-27,29-31,33,35-37,39,41-48,52H2,1-2H3,(H,55,56)/t49-/m1/s1. The molecule has 0 saturated heterocycles. The molecule has 0 aromatic carbocycles. The van der Waals surface area contributed by atoms with E-state index in [9.17, 15) is 19.0 Å². The normalized spacial score (nSPS) is 13.7. The zero-order valence-electron chi connectivity index (χ0n) is 39.1. The van der Waals surface area contributed by atoms with Gasteiger partial charge in [0.1, 0.15) is 6.61 Å². The summed E-state index contributed by atoms with van der Waals surface area (Å²) in [6, 6.07) is 0. The summed E-state index contributed by atoms with van der Waals surface area (Å²) in [5.41, 5.74) is 5.36. The van der Waals surface area contributed by atoms with Crippen molar-refractivity contribution >= 4 is 19.8 Å². The highest BCUT2D eigenvalue weighted by atomic mass is 31.2. The van der Waals surface area contributed by atoms with Crippen LogP contribution in [0.3, 0.4) is 0 Å². The van der Waals surface area contributed by atoms with Crippen LogP contribution in [-0.4, -0.2) is 49.3 Å². The molecule has 1 unspecified atom stereocenters. The molecule has 0 aliphatic carbocycles. The number of hydrogen-bond acceptors (Lipinski definition) is 8. The first-order valence-electron chi connectivity index (χ1n) is 24.8. The van der Waals surface area contributed by atoms with Crippen LogP contribution in [0.5, 0.6) is 0 Å². The van der Waals surface area contributed by atoms with E-state index in [-0.39, 0.29) is 32.6 Å². The smallest absolute Gasteiger partial charge is 0.462 e. The Morgan fingerprint density at radius 1 is 0.492 bits per heavy atom. The molecule has 354 valence electrons. The third kappa shape index (κ3) is 47.0. The number of esters is 2. The number of ether oxygens (including phenoxy) is 2. The van der Waals surface area contributed by atoms with Gasteiger partial charge in [-0.1, -0.05) is 216 Å². The monoisotopic (exact) mass is 878 g/mol. The van der Waals surface area contributed by atoms with Crippen molar-refractivity contribution in [2.24, 2.45) is 5.73 Å². The lowest BCUT2D eigenvalue weighted by Crippen LogP contribution is -2.29. The second-order valence-corrected chi connectivity index (χ2v) is 17.8. The minimum Gasteiger partial charge on any atom is -0.462 e. The summed E-state index contributed by atoms with van der Waals surface area (Å²) >= 11 is 0. The van der Waals surface area contributed by atoms with E-state index >= 15 is 0 Å². The van der Waals surface area contributed by atoms with E-state index in [1.54, 1.807) is 0 Å². The highest BCUT2D eigenvalue weighted by Crippen LogP contribution is 2.43. The molecule has 0 spiro atoms. The maximum Gasteiger partial charge on any atom is 0.472 e. The van der Waals surface area contributed by atoms with Gasteiger partial charge in [-0.3, -0.25) is 18.6 Å². The molecule has 0 fully saturated rings. The van der Waals surface area contributed by atoms with Crippen LogP contribution >= 0.6 is 7.82 Å². The number of allylic oxidation sites excluding steroid dienone is 10. The molecule has 0 radical (unpaired) electrons. The Bertz CT molecular complexity index is 1180. The molecule has 0 rings (SSSR count). The number of phosphoric acid groups is 1. The highest BCUT2D eigenvalue weighted by molar-refractivity contribution is 7.47. The molecule has 9 nitrogen and oxygen atoms in total. The molecule has 0 saturated carbocycles. The first kappa shape index (κ1) is 58.7. The number of phosphoric ester groups is 1. The Balaban J connectivity index is 4.16. The molecule has 0 aromatic heterocycles. The van der Waals surface area contributed by atoms with Gasteiger partial charge in [0.15, 0.2) is 6.10 Å². The number of carbonyl (C=O) groups excluding carboxylic acids is 2. The molecule has 0 amide bonds. The van der Waals surface area contributed by atoms with Crippen molar-refractivity contribution in [2.75, 3.05) is 26.4 Å². The van der Waals surface area contributed by atoms with E-state index in [1.807, 2.05) is 12.2 Å². The summed E-state index contributed by atoms with van der Waals surface area (Å²) < 4.78 is 32.8. The van der Waals surface area contributed by atoms with Gasteiger partial charge in [-0.2, -0.15) is 0 Å². The summed E-state index contributed by atoms with van der Waals surface area (Å²) in [7, 11) is -4.40. The molecule has 0 aliphatic heterocycles. The molecule has 0 heterocycles. The van der Waals surface area contributed by atoms with Crippen LogP contribution in [0.1, 0.15) is 219 Å². The third-order valence-corrected chi connectivity index (χ3v) is 11.4. The van der Waals surface area contributed by atoms with Crippen LogP contribution in [0, 0.1) is 0 Å². The lowest BCUT2D eigenvalue weighted by molar-refractivity contribution is -0.161. The lowest BCUT2D eigenvalue weighted by Gasteiger charge is -2.19. The summed E-state index contributed by atoms with van der Waals surface area (Å²) in [5, 5.41) is 0. The Hall–Kier alpha value is -2.29. The maximum absolute atomic E-state index is 12.6. The van der Waals surface area contributed by atoms with Crippen molar-refractivity contribution in [3.05, 3.63) is 60.8 Å². The van der Waals surface area contributed by atoms with Crippen LogP contribution in [0.15, 0.2) is 60.8 Å². The van der Waals surface area contributed by atoms with Gasteiger partial charge < -0.3 is 20.1 Å². The van der Waals surface area contributed by atoms with Crippen LogP contribution < -0.4 is 5.73 Å². The van der Waals surface area contributed by atoms with E-state index < -0.39 is 32.5 Å². The fourth-order valence-electron chi connectivity index (χ4n) is 6.74. The number of nitrogens with two attached hydrogens (primary N) is 1. The predicted molar refractivity (Wildman–Crippen MR) is 256 cm³/mol. The molecule has 0 aromatic rings. The molecule has 3 N–H and O–H groups in total. The topological polar surface area (TPSA) is 134 Å². The van der Waals surface area contributed by atoms with E-state index in [0.717, 1.165) is 44.9 Å². The molecular weight excluding hydrogens is 786 g/mol. The SMILES string of the molecule is CCCCCC=CCC=CCC=CCC=CCC=CCCC(=O)O[C@H](COC(=O)CCCCCCCCCCCCCCCCCCCCCCC)COP(=O)(O)OCCN. The van der Waals surface area contributed by atoms with E-state index in [4.69, 9.17) is 24.3 Å². The number of unbranched alkanes of at least 4 members (excludes halogenated alkanes) is 23. The van der Waals surface area contributed by atoms with Gasteiger partial charge in [0, 0.05) is 19.4 Å². The van der Waals surface area contributed by atoms with Crippen molar-refractivity contribution in [1.29, 1.82) is 0 Å². The van der Waals surface area contributed by atoms with E-state index in [0.29, 0.717) is 6.42 Å². The van der Waals surface area contributed by atoms with Gasteiger partial charge in [0.2, 0.25) is 0 Å². The van der Waals surface area contributed by atoms with Gasteiger partial charge in [-0.25, -0.2) is 4.57 Å². The molecule has 10 heteroatoms. The molecule has 0 aliphatic rings. The van der Waals surface area contributed by atoms with Crippen LogP contribution in [0.4, 0.5) is 0 Å². The Morgan fingerprint density at radius 3 is 1.33 bits per heavy atom. The second-order valence-electron chi connectivity index (χ2n) is 16.3. The minimum absolute atomic E-state index is 0.0411. The number of carbonyl (C=O) groups is 2. The fourth-order valence-corrected chi connectivity index (χ4v) is 7.50. The van der Waals surface area contributed by atoms with Gasteiger partial charge >= 0.3 is 19.8 Å². The third-order valence-electron chi connectivity index (χ3n) is 10.4. The van der Waals surface area contributed by atoms with Gasteiger partial charge in [0.25, 0.3) is 0 Å². The zero-order valence-corrected chi connectivity index (χ0v) is 40.0. The first-order chi connectivity index (χ1) is 29.8. The van der Waals surface area contributed by atoms with E-state index in [2.05, 4.69) is 62.5 Å². The quantitative estimate of drug-likeness (QED) is 0.0265. The van der Waals surface area contributed by atoms with Gasteiger partial charge in [0.05, 0.1) is 13.2 Å². The van der Waals surface area contributed by atoms with Gasteiger partial charge in [-0.15, -0.1) is 0 Å². The van der Waals surface area contributed by atoms with Crippen LogP contribution in [-0.2, 0) is 32.7 Å². The Morgan fingerprint density at radius 2 is 0.885 bits per heavy atom. The Labute approximate surface area is 374 Å². The van der Waals surface area contributed by atoms with Crippen molar-refractivity contribution in [2.45, 2.75) is 225 Å². The number of rotatable bonds is 46. The fraction of sp³-hybridized carbons (Fsp3) is 0.765. The second kappa shape index (κ2) is 47.2. The summed E-state index contributed by atoms with van der Waals surface area (Å²) in [5.74, 6) is -0.919. The summed E-state index contributed by atoms with van der Waals surface area (Å²) in [6.07, 6.45) is 57.0. The van der Waals surface area contributed by atoms with Crippen molar-refractivity contribution in [3.8, 4) is 0 Å². The highest BCUT2D eigenvalue weighted by Gasteiger charge is 2.25. The molecular formula is C51H92NO8P. The summed E-state index contributed by atoms with van der Waals surface area (Å²) in [4.78, 5) is 35.0. The lowest BCUT2D eigenvalue weighted by atomic mass is 10.0. The molecule has 0 bridgehead atoms. The van der Waals surface area contributed by atoms with E-state index in [1.165, 1.54) is 141 Å². The predicted octanol–water partition coefficient (Wildman–Crippen LogP) is 14.8. The number of hydrogen-bond donors (Lipinski definition) is 2. The summed E-state index contributed by atoms with van der Waals surface area (Å²) in [6.45, 7) is 3.64. The minimum atomic E-state index is -4.40. The van der Waals surface area contributed by atoms with Crippen molar-refractivity contribution in [1.82, 2.24) is 0 Å². The average Bonchev–Trinajstić information content (AvgIpc) is 3.25. The van der Waals surface area contributed by atoms with Crippen molar-refractivity contribution in [3.63, 3.8) is 0 Å². The average molecular weight is 878 g/mol. The first-order valence-corrected chi connectivity index (χ1v) is 26.3. The molecule has 2 atom stereocenters. The Kier molecular flexibility index (Phi) is 45.4. The maximum atomic E-state index is 12.6. The van der Waals surface area contributed by atoms with Crippen molar-refractivity contribution < 1.29 is 37.6 Å².